The minimum Gasteiger partial charge on any atom is -0.399 e. The number of nitrogen functional groups attached to an aromatic ring is 1. The van der Waals surface area contributed by atoms with Gasteiger partial charge in [0.1, 0.15) is 0 Å². The van der Waals surface area contributed by atoms with Gasteiger partial charge in [-0.25, -0.2) is 0 Å². The lowest BCUT2D eigenvalue weighted by Gasteiger charge is -2.22. The van der Waals surface area contributed by atoms with E-state index in [9.17, 15) is 8.42 Å². The first-order valence-electron chi connectivity index (χ1n) is 5.83. The molecule has 2 N–H and O–H groups in total. The monoisotopic (exact) mass is 280 g/mol. The van der Waals surface area contributed by atoms with Crippen molar-refractivity contribution in [1.29, 1.82) is 0 Å². The average Bonchev–Trinajstić information content (AvgIpc) is 2.77. The Morgan fingerprint density at radius 2 is 2.11 bits per heavy atom. The first kappa shape index (κ1) is 13.4. The molecule has 1 heterocycles. The molecule has 0 atom stereocenters. The smallest absolute Gasteiger partial charge is 0.281 e. The van der Waals surface area contributed by atoms with E-state index in [-0.39, 0.29) is 5.03 Å². The summed E-state index contributed by atoms with van der Waals surface area (Å²) >= 11 is 0. The molecule has 0 bridgehead atoms. The molecule has 0 amide bonds. The molecule has 1 aromatic carbocycles. The Morgan fingerprint density at radius 1 is 1.37 bits per heavy atom. The number of aryl methyl sites for hydroxylation is 1. The van der Waals surface area contributed by atoms with Crippen molar-refractivity contribution in [3.63, 3.8) is 0 Å². The number of benzene rings is 1. The molecule has 0 aliphatic rings. The average molecular weight is 280 g/mol. The molecular formula is C12H16N4O2S. The number of sulfonamides is 1. The van der Waals surface area contributed by atoms with Gasteiger partial charge in [-0.1, -0.05) is 6.07 Å². The summed E-state index contributed by atoms with van der Waals surface area (Å²) in [6.45, 7) is 2.09. The molecule has 7 heteroatoms. The van der Waals surface area contributed by atoms with Gasteiger partial charge in [0.05, 0.1) is 11.9 Å². The van der Waals surface area contributed by atoms with Crippen LogP contribution in [0.25, 0.3) is 0 Å². The molecule has 1 aromatic heterocycles. The van der Waals surface area contributed by atoms with Gasteiger partial charge in [-0.2, -0.15) is 13.5 Å². The number of anilines is 2. The fourth-order valence-corrected chi connectivity index (χ4v) is 3.47. The third kappa shape index (κ3) is 2.41. The summed E-state index contributed by atoms with van der Waals surface area (Å²) in [5.74, 6) is 0. The zero-order valence-corrected chi connectivity index (χ0v) is 11.6. The van der Waals surface area contributed by atoms with Crippen LogP contribution in [0.15, 0.2) is 41.6 Å². The second kappa shape index (κ2) is 4.93. The minimum atomic E-state index is -3.63. The van der Waals surface area contributed by atoms with Crippen LogP contribution in [-0.4, -0.2) is 24.7 Å². The van der Waals surface area contributed by atoms with Crippen LogP contribution >= 0.6 is 0 Å². The summed E-state index contributed by atoms with van der Waals surface area (Å²) < 4.78 is 27.8. The van der Waals surface area contributed by atoms with E-state index in [2.05, 4.69) is 5.10 Å². The summed E-state index contributed by atoms with van der Waals surface area (Å²) in [5, 5.41) is 4.05. The number of hydrogen-bond acceptors (Lipinski definition) is 4. The van der Waals surface area contributed by atoms with Gasteiger partial charge in [0.25, 0.3) is 10.0 Å². The van der Waals surface area contributed by atoms with Crippen LogP contribution < -0.4 is 10.0 Å². The van der Waals surface area contributed by atoms with Gasteiger partial charge in [-0.3, -0.25) is 8.99 Å². The predicted octanol–water partition coefficient (Wildman–Crippen LogP) is 1.22. The van der Waals surface area contributed by atoms with E-state index in [0.29, 0.717) is 17.9 Å². The molecule has 0 aliphatic heterocycles. The van der Waals surface area contributed by atoms with Crippen LogP contribution in [0.5, 0.6) is 0 Å². The Labute approximate surface area is 112 Å². The highest BCUT2D eigenvalue weighted by Gasteiger charge is 2.26. The first-order valence-corrected chi connectivity index (χ1v) is 7.27. The molecule has 102 valence electrons. The number of nitrogens with two attached hydrogens (primary N) is 1. The van der Waals surface area contributed by atoms with E-state index in [1.807, 2.05) is 0 Å². The zero-order valence-electron chi connectivity index (χ0n) is 10.8. The van der Waals surface area contributed by atoms with E-state index in [0.717, 1.165) is 0 Å². The van der Waals surface area contributed by atoms with Crippen molar-refractivity contribution in [3.8, 4) is 0 Å². The Bertz CT molecular complexity index is 679. The standard InChI is InChI=1S/C12H16N4O2S/c1-3-16(11-6-4-5-10(13)9-11)19(17,18)12-7-8-14-15(12)2/h4-9H,3,13H2,1-2H3. The quantitative estimate of drug-likeness (QED) is 0.854. The van der Waals surface area contributed by atoms with E-state index < -0.39 is 10.0 Å². The Morgan fingerprint density at radius 3 is 2.63 bits per heavy atom. The summed E-state index contributed by atoms with van der Waals surface area (Å²) in [6, 6.07) is 8.27. The van der Waals surface area contributed by atoms with Crippen molar-refractivity contribution in [1.82, 2.24) is 9.78 Å². The second-order valence-corrected chi connectivity index (χ2v) is 5.87. The van der Waals surface area contributed by atoms with Crippen LogP contribution in [0, 0.1) is 0 Å². The lowest BCUT2D eigenvalue weighted by Crippen LogP contribution is -2.32. The van der Waals surface area contributed by atoms with Gasteiger partial charge in [0, 0.05) is 19.3 Å². The summed E-state index contributed by atoms with van der Waals surface area (Å²) in [5.41, 5.74) is 6.77. The molecule has 2 aromatic rings. The van der Waals surface area contributed by atoms with Gasteiger partial charge in [-0.15, -0.1) is 0 Å². The Hall–Kier alpha value is -2.02. The predicted molar refractivity (Wildman–Crippen MR) is 74.3 cm³/mol. The SMILES string of the molecule is CCN(c1cccc(N)c1)S(=O)(=O)c1ccnn1C. The maximum Gasteiger partial charge on any atom is 0.281 e. The van der Waals surface area contributed by atoms with Gasteiger partial charge in [-0.05, 0) is 31.2 Å². The van der Waals surface area contributed by atoms with Crippen LogP contribution in [0.1, 0.15) is 6.92 Å². The third-order valence-electron chi connectivity index (χ3n) is 2.78. The van der Waals surface area contributed by atoms with Crippen molar-refractivity contribution >= 4 is 21.4 Å². The van der Waals surface area contributed by atoms with E-state index in [1.54, 1.807) is 38.2 Å². The largest absolute Gasteiger partial charge is 0.399 e. The summed E-state index contributed by atoms with van der Waals surface area (Å²) in [6.07, 6.45) is 1.46. The maximum atomic E-state index is 12.6. The lowest BCUT2D eigenvalue weighted by molar-refractivity contribution is 0.573. The zero-order chi connectivity index (χ0) is 14.0. The van der Waals surface area contributed by atoms with Crippen LogP contribution in [0.4, 0.5) is 11.4 Å². The third-order valence-corrected chi connectivity index (χ3v) is 4.75. The highest BCUT2D eigenvalue weighted by molar-refractivity contribution is 7.92. The van der Waals surface area contributed by atoms with Crippen molar-refractivity contribution in [2.75, 3.05) is 16.6 Å². The second-order valence-electron chi connectivity index (χ2n) is 4.06. The fraction of sp³-hybridized carbons (Fsp3) is 0.250. The fourth-order valence-electron chi connectivity index (χ4n) is 1.90. The Balaban J connectivity index is 2.51. The van der Waals surface area contributed by atoms with E-state index >= 15 is 0 Å². The van der Waals surface area contributed by atoms with Crippen molar-refractivity contribution in [3.05, 3.63) is 36.5 Å². The normalized spacial score (nSPS) is 11.5. The van der Waals surface area contributed by atoms with Gasteiger partial charge < -0.3 is 5.73 Å². The van der Waals surface area contributed by atoms with Gasteiger partial charge >= 0.3 is 0 Å². The van der Waals surface area contributed by atoms with Gasteiger partial charge in [0.15, 0.2) is 5.03 Å². The van der Waals surface area contributed by atoms with E-state index in [1.165, 1.54) is 21.3 Å². The Kier molecular flexibility index (Phi) is 3.48. The lowest BCUT2D eigenvalue weighted by atomic mass is 10.3. The summed E-state index contributed by atoms with van der Waals surface area (Å²) in [7, 11) is -2.03. The molecular weight excluding hydrogens is 264 g/mol. The van der Waals surface area contributed by atoms with Crippen LogP contribution in [-0.2, 0) is 17.1 Å². The molecule has 6 nitrogen and oxygen atoms in total. The maximum absolute atomic E-state index is 12.6. The molecule has 2 rings (SSSR count). The number of rotatable bonds is 4. The highest BCUT2D eigenvalue weighted by atomic mass is 32.2. The molecule has 0 saturated heterocycles. The minimum absolute atomic E-state index is 0.150. The van der Waals surface area contributed by atoms with Gasteiger partial charge in [0.2, 0.25) is 0 Å². The molecule has 0 radical (unpaired) electrons. The molecule has 0 saturated carbocycles. The van der Waals surface area contributed by atoms with Crippen molar-refractivity contribution in [2.45, 2.75) is 11.9 Å². The topological polar surface area (TPSA) is 81.2 Å². The highest BCUT2D eigenvalue weighted by Crippen LogP contribution is 2.24. The molecule has 0 fully saturated rings. The van der Waals surface area contributed by atoms with Crippen molar-refractivity contribution < 1.29 is 8.42 Å². The van der Waals surface area contributed by atoms with E-state index in [4.69, 9.17) is 5.73 Å². The number of aromatic nitrogens is 2. The molecule has 0 aliphatic carbocycles. The summed E-state index contributed by atoms with van der Waals surface area (Å²) in [4.78, 5) is 0. The molecule has 19 heavy (non-hydrogen) atoms. The van der Waals surface area contributed by atoms with Crippen LogP contribution in [0.3, 0.4) is 0 Å². The molecule has 0 unspecified atom stereocenters. The van der Waals surface area contributed by atoms with Crippen molar-refractivity contribution in [2.24, 2.45) is 7.05 Å². The number of nitrogens with zero attached hydrogens (tertiary/aromatic N) is 3. The molecule has 0 spiro atoms. The van der Waals surface area contributed by atoms with Crippen LogP contribution in [0.2, 0.25) is 0 Å². The first-order chi connectivity index (χ1) is 8.96. The number of hydrogen-bond donors (Lipinski definition) is 1.